The molecule has 0 amide bonds. The second-order valence-electron chi connectivity index (χ2n) is 9.04. The molecule has 9 heteroatoms. The van der Waals surface area contributed by atoms with Crippen molar-refractivity contribution in [2.75, 3.05) is 13.1 Å². The van der Waals surface area contributed by atoms with E-state index in [2.05, 4.69) is 36.1 Å². The molecular formula is C27H26FN7O. The van der Waals surface area contributed by atoms with Crippen LogP contribution in [-0.4, -0.2) is 53.2 Å². The van der Waals surface area contributed by atoms with E-state index in [0.29, 0.717) is 34.4 Å². The van der Waals surface area contributed by atoms with Gasteiger partial charge in [-0.2, -0.15) is 5.10 Å². The first-order chi connectivity index (χ1) is 17.6. The van der Waals surface area contributed by atoms with Crippen LogP contribution in [0.1, 0.15) is 30.3 Å². The van der Waals surface area contributed by atoms with Crippen molar-refractivity contribution in [2.45, 2.75) is 26.3 Å². The quantitative estimate of drug-likeness (QED) is 0.271. The zero-order chi connectivity index (χ0) is 24.6. The van der Waals surface area contributed by atoms with Gasteiger partial charge >= 0.3 is 0 Å². The minimum atomic E-state index is -0.370. The summed E-state index contributed by atoms with van der Waals surface area (Å²) in [5.41, 5.74) is 6.21. The Morgan fingerprint density at radius 2 is 2.03 bits per heavy atom. The van der Waals surface area contributed by atoms with Crippen LogP contribution in [0.5, 0.6) is 5.75 Å². The number of aromatic hydroxyl groups is 1. The number of hydrogen-bond acceptors (Lipinski definition) is 5. The van der Waals surface area contributed by atoms with Gasteiger partial charge in [0.05, 0.1) is 12.0 Å². The SMILES string of the molecule is CCc1cc(O)ccc1-c1ccc2c(-c3nc(C4=CCN(Cc5cnc[nH]5)CC4)c[nH]3)n[nH]c2c1F. The molecule has 0 fully saturated rings. The van der Waals surface area contributed by atoms with Crippen molar-refractivity contribution >= 4 is 16.5 Å². The number of fused-ring (bicyclic) bond motifs is 1. The van der Waals surface area contributed by atoms with Crippen LogP contribution in [0, 0.1) is 5.82 Å². The molecule has 6 rings (SSSR count). The summed E-state index contributed by atoms with van der Waals surface area (Å²) in [4.78, 5) is 17.6. The zero-order valence-electron chi connectivity index (χ0n) is 19.8. The summed E-state index contributed by atoms with van der Waals surface area (Å²) in [6.45, 7) is 4.60. The number of rotatable bonds is 6. The molecule has 8 nitrogen and oxygen atoms in total. The number of aryl methyl sites for hydroxylation is 1. The summed E-state index contributed by atoms with van der Waals surface area (Å²) in [5.74, 6) is 0.405. The van der Waals surface area contributed by atoms with Gasteiger partial charge in [0.1, 0.15) is 17.0 Å². The minimum Gasteiger partial charge on any atom is -0.508 e. The maximum Gasteiger partial charge on any atom is 0.159 e. The Kier molecular flexibility index (Phi) is 5.61. The predicted octanol–water partition coefficient (Wildman–Crippen LogP) is 5.04. The molecule has 5 aromatic rings. The molecule has 3 aromatic heterocycles. The molecule has 0 atom stereocenters. The number of nitrogens with one attached hydrogen (secondary N) is 3. The predicted molar refractivity (Wildman–Crippen MR) is 137 cm³/mol. The van der Waals surface area contributed by atoms with E-state index in [-0.39, 0.29) is 11.6 Å². The second-order valence-corrected chi connectivity index (χ2v) is 9.04. The Morgan fingerprint density at radius 1 is 1.14 bits per heavy atom. The molecule has 36 heavy (non-hydrogen) atoms. The van der Waals surface area contributed by atoms with E-state index in [1.165, 1.54) is 5.57 Å². The largest absolute Gasteiger partial charge is 0.508 e. The van der Waals surface area contributed by atoms with E-state index in [0.717, 1.165) is 48.6 Å². The third kappa shape index (κ3) is 3.97. The third-order valence-corrected chi connectivity index (χ3v) is 6.81. The van der Waals surface area contributed by atoms with Crippen molar-refractivity contribution in [3.8, 4) is 28.4 Å². The van der Waals surface area contributed by atoms with Crippen molar-refractivity contribution in [1.29, 1.82) is 0 Å². The maximum absolute atomic E-state index is 15.6. The standard InChI is InChI=1S/C27H26FN7O/c1-2-16-11-19(36)3-4-20(16)21-5-6-22-25(24(21)28)33-34-26(22)27-30-13-23(32-27)17-7-9-35(10-8-17)14-18-12-29-15-31-18/h3-7,11-13,15,36H,2,8-10,14H2,1H3,(H,29,31)(H,30,32)(H,33,34). The van der Waals surface area contributed by atoms with Gasteiger partial charge in [-0.05, 0) is 47.7 Å². The molecule has 0 aliphatic carbocycles. The Labute approximate surface area is 206 Å². The van der Waals surface area contributed by atoms with Crippen molar-refractivity contribution in [2.24, 2.45) is 0 Å². The maximum atomic E-state index is 15.6. The summed E-state index contributed by atoms with van der Waals surface area (Å²) >= 11 is 0. The molecule has 0 saturated carbocycles. The van der Waals surface area contributed by atoms with E-state index in [4.69, 9.17) is 4.98 Å². The highest BCUT2D eigenvalue weighted by molar-refractivity contribution is 5.94. The number of H-pyrrole nitrogens is 3. The first kappa shape index (κ1) is 22.2. The van der Waals surface area contributed by atoms with Gasteiger partial charge < -0.3 is 15.1 Å². The number of halogens is 1. The lowest BCUT2D eigenvalue weighted by Crippen LogP contribution is -2.28. The van der Waals surface area contributed by atoms with Crippen LogP contribution in [0.15, 0.2) is 55.1 Å². The van der Waals surface area contributed by atoms with Crippen LogP contribution < -0.4 is 0 Å². The third-order valence-electron chi connectivity index (χ3n) is 6.81. The molecule has 4 heterocycles. The number of benzene rings is 2. The fourth-order valence-corrected chi connectivity index (χ4v) is 4.89. The smallest absolute Gasteiger partial charge is 0.159 e. The molecule has 2 aromatic carbocycles. The highest BCUT2D eigenvalue weighted by Crippen LogP contribution is 2.35. The summed E-state index contributed by atoms with van der Waals surface area (Å²) in [5, 5.41) is 17.7. The highest BCUT2D eigenvalue weighted by Gasteiger charge is 2.20. The van der Waals surface area contributed by atoms with Crippen LogP contribution in [0.25, 0.3) is 39.1 Å². The van der Waals surface area contributed by atoms with Gasteiger partial charge in [-0.1, -0.05) is 25.1 Å². The minimum absolute atomic E-state index is 0.174. The molecule has 0 spiro atoms. The van der Waals surface area contributed by atoms with Crippen molar-refractivity contribution in [1.82, 2.24) is 35.0 Å². The van der Waals surface area contributed by atoms with E-state index in [1.54, 1.807) is 30.6 Å². The van der Waals surface area contributed by atoms with Crippen molar-refractivity contribution in [3.63, 3.8) is 0 Å². The fraction of sp³-hybridized carbons (Fsp3) is 0.222. The number of nitrogens with zero attached hydrogens (tertiary/aromatic N) is 4. The molecule has 0 radical (unpaired) electrons. The average Bonchev–Trinajstić information content (AvgIpc) is 3.66. The monoisotopic (exact) mass is 483 g/mol. The molecule has 0 saturated heterocycles. The van der Waals surface area contributed by atoms with Crippen molar-refractivity contribution in [3.05, 3.63) is 77.9 Å². The summed E-state index contributed by atoms with van der Waals surface area (Å²) in [7, 11) is 0. The van der Waals surface area contributed by atoms with E-state index < -0.39 is 0 Å². The average molecular weight is 484 g/mol. The number of aromatic nitrogens is 6. The van der Waals surface area contributed by atoms with Crippen LogP contribution in [0.4, 0.5) is 4.39 Å². The Hall–Kier alpha value is -4.24. The summed E-state index contributed by atoms with van der Waals surface area (Å²) in [6, 6.07) is 8.65. The van der Waals surface area contributed by atoms with Crippen molar-refractivity contribution < 1.29 is 9.50 Å². The molecule has 4 N–H and O–H groups in total. The van der Waals surface area contributed by atoms with Gasteiger partial charge in [0.2, 0.25) is 0 Å². The number of phenolic OH excluding ortho intramolecular Hbond substituents is 1. The van der Waals surface area contributed by atoms with E-state index >= 15 is 4.39 Å². The van der Waals surface area contributed by atoms with E-state index in [1.807, 2.05) is 25.4 Å². The first-order valence-electron chi connectivity index (χ1n) is 12.0. The second kappa shape index (κ2) is 9.09. The lowest BCUT2D eigenvalue weighted by Gasteiger charge is -2.25. The Balaban J connectivity index is 1.27. The number of phenols is 1. The van der Waals surface area contributed by atoms with Gasteiger partial charge in [-0.3, -0.25) is 10.00 Å². The molecule has 182 valence electrons. The van der Waals surface area contributed by atoms with Crippen LogP contribution in [-0.2, 0) is 13.0 Å². The first-order valence-corrected chi connectivity index (χ1v) is 12.0. The summed E-state index contributed by atoms with van der Waals surface area (Å²) in [6.07, 6.45) is 9.23. The number of hydrogen-bond donors (Lipinski definition) is 4. The van der Waals surface area contributed by atoms with E-state index in [9.17, 15) is 5.11 Å². The summed E-state index contributed by atoms with van der Waals surface area (Å²) < 4.78 is 15.6. The molecular weight excluding hydrogens is 457 g/mol. The lowest BCUT2D eigenvalue weighted by atomic mass is 9.96. The lowest BCUT2D eigenvalue weighted by molar-refractivity contribution is 0.290. The van der Waals surface area contributed by atoms with Crippen LogP contribution in [0.2, 0.25) is 0 Å². The van der Waals surface area contributed by atoms with Gasteiger partial charge in [0, 0.05) is 48.7 Å². The molecule has 1 aliphatic heterocycles. The molecule has 1 aliphatic rings. The number of aromatic amines is 3. The van der Waals surface area contributed by atoms with Crippen LogP contribution >= 0.6 is 0 Å². The number of imidazole rings is 2. The van der Waals surface area contributed by atoms with Crippen LogP contribution in [0.3, 0.4) is 0 Å². The fourth-order valence-electron chi connectivity index (χ4n) is 4.89. The molecule has 0 unspecified atom stereocenters. The van der Waals surface area contributed by atoms with Gasteiger partial charge in [0.25, 0.3) is 0 Å². The zero-order valence-corrected chi connectivity index (χ0v) is 19.8. The Morgan fingerprint density at radius 3 is 2.81 bits per heavy atom. The highest BCUT2D eigenvalue weighted by atomic mass is 19.1. The Bertz CT molecular complexity index is 1560. The van der Waals surface area contributed by atoms with Gasteiger partial charge in [-0.25, -0.2) is 14.4 Å². The van der Waals surface area contributed by atoms with Gasteiger partial charge in [0.15, 0.2) is 11.6 Å². The topological polar surface area (TPSA) is 110 Å². The molecule has 0 bridgehead atoms. The normalized spacial score (nSPS) is 14.4. The van der Waals surface area contributed by atoms with Gasteiger partial charge in [-0.15, -0.1) is 0 Å².